The van der Waals surface area contributed by atoms with E-state index in [0.29, 0.717) is 29.3 Å². The van der Waals surface area contributed by atoms with Gasteiger partial charge in [-0.05, 0) is 50.0 Å². The summed E-state index contributed by atoms with van der Waals surface area (Å²) in [5.74, 6) is 0.243. The van der Waals surface area contributed by atoms with Crippen molar-refractivity contribution < 1.29 is 14.3 Å². The van der Waals surface area contributed by atoms with Gasteiger partial charge in [0.05, 0.1) is 12.8 Å². The van der Waals surface area contributed by atoms with Crippen molar-refractivity contribution in [2.45, 2.75) is 19.3 Å². The van der Waals surface area contributed by atoms with Crippen LogP contribution >= 0.6 is 0 Å². The first-order chi connectivity index (χ1) is 10.1. The number of anilines is 1. The van der Waals surface area contributed by atoms with Gasteiger partial charge in [-0.1, -0.05) is 0 Å². The molecule has 1 heterocycles. The molecule has 2 amide bonds. The number of primary amides is 1. The molecule has 0 saturated carbocycles. The fourth-order valence-electron chi connectivity index (χ4n) is 2.52. The molecule has 6 heteroatoms. The predicted molar refractivity (Wildman–Crippen MR) is 80.4 cm³/mol. The third-order valence-corrected chi connectivity index (χ3v) is 3.63. The Morgan fingerprint density at radius 1 is 1.48 bits per heavy atom. The van der Waals surface area contributed by atoms with E-state index in [9.17, 15) is 9.59 Å². The van der Waals surface area contributed by atoms with Crippen LogP contribution in [0.3, 0.4) is 0 Å². The molecule has 1 saturated heterocycles. The van der Waals surface area contributed by atoms with Gasteiger partial charge in [-0.25, -0.2) is 0 Å². The first-order valence-electron chi connectivity index (χ1n) is 7.08. The molecule has 0 spiro atoms. The zero-order chi connectivity index (χ0) is 15.2. The Morgan fingerprint density at radius 2 is 2.29 bits per heavy atom. The van der Waals surface area contributed by atoms with E-state index < -0.39 is 5.91 Å². The molecule has 1 aromatic rings. The molecule has 0 aromatic heterocycles. The maximum atomic E-state index is 12.1. The molecular formula is C15H21N3O3. The maximum absolute atomic E-state index is 12.1. The van der Waals surface area contributed by atoms with E-state index in [-0.39, 0.29) is 5.91 Å². The predicted octanol–water partition coefficient (Wildman–Crippen LogP) is 1.12. The minimum atomic E-state index is -0.537. The first-order valence-corrected chi connectivity index (χ1v) is 7.08. The molecule has 0 radical (unpaired) electrons. The highest BCUT2D eigenvalue weighted by Gasteiger charge is 2.18. The number of carbonyl (C=O) groups excluding carboxylic acids is 2. The molecule has 1 fully saturated rings. The summed E-state index contributed by atoms with van der Waals surface area (Å²) >= 11 is 0. The number of carbonyl (C=O) groups is 2. The van der Waals surface area contributed by atoms with Crippen LogP contribution in [0.25, 0.3) is 0 Å². The number of hydrogen-bond donors (Lipinski definition) is 3. The van der Waals surface area contributed by atoms with E-state index in [1.165, 1.54) is 13.2 Å². The van der Waals surface area contributed by atoms with Crippen molar-refractivity contribution in [3.8, 4) is 5.75 Å². The summed E-state index contributed by atoms with van der Waals surface area (Å²) in [4.78, 5) is 23.3. The minimum absolute atomic E-state index is 0.0800. The molecule has 21 heavy (non-hydrogen) atoms. The molecule has 114 valence electrons. The van der Waals surface area contributed by atoms with Crippen molar-refractivity contribution in [2.75, 3.05) is 25.5 Å². The summed E-state index contributed by atoms with van der Waals surface area (Å²) in [7, 11) is 1.51. The van der Waals surface area contributed by atoms with Gasteiger partial charge in [-0.3, -0.25) is 9.59 Å². The lowest BCUT2D eigenvalue weighted by Gasteiger charge is -2.22. The van der Waals surface area contributed by atoms with Crippen molar-refractivity contribution in [2.24, 2.45) is 11.7 Å². The van der Waals surface area contributed by atoms with Crippen LogP contribution in [0.4, 0.5) is 5.69 Å². The molecule has 1 aliphatic heterocycles. The number of amides is 2. The number of nitrogens with one attached hydrogen (secondary N) is 2. The number of nitrogens with two attached hydrogens (primary N) is 1. The Labute approximate surface area is 124 Å². The van der Waals surface area contributed by atoms with E-state index in [1.807, 2.05) is 0 Å². The Kier molecular flexibility index (Phi) is 5.16. The van der Waals surface area contributed by atoms with Crippen LogP contribution in [0.1, 0.15) is 29.6 Å². The van der Waals surface area contributed by atoms with Gasteiger partial charge < -0.3 is 21.1 Å². The van der Waals surface area contributed by atoms with Crippen LogP contribution in [-0.2, 0) is 4.79 Å². The first kappa shape index (κ1) is 15.3. The Bertz CT molecular complexity index is 525. The Balaban J connectivity index is 2.04. The number of piperidine rings is 1. The highest BCUT2D eigenvalue weighted by Crippen LogP contribution is 2.26. The number of benzene rings is 1. The average molecular weight is 291 g/mol. The lowest BCUT2D eigenvalue weighted by Crippen LogP contribution is -2.32. The Hall–Kier alpha value is -2.08. The van der Waals surface area contributed by atoms with Crippen molar-refractivity contribution in [3.63, 3.8) is 0 Å². The lowest BCUT2D eigenvalue weighted by molar-refractivity contribution is -0.117. The molecule has 2 rings (SSSR count). The topological polar surface area (TPSA) is 93.4 Å². The van der Waals surface area contributed by atoms with Crippen molar-refractivity contribution in [1.29, 1.82) is 0 Å². The van der Waals surface area contributed by atoms with E-state index >= 15 is 0 Å². The molecule has 0 aliphatic carbocycles. The fourth-order valence-corrected chi connectivity index (χ4v) is 2.52. The van der Waals surface area contributed by atoms with Gasteiger partial charge in [-0.15, -0.1) is 0 Å². The van der Waals surface area contributed by atoms with Gasteiger partial charge in [0.2, 0.25) is 11.8 Å². The van der Waals surface area contributed by atoms with E-state index in [1.54, 1.807) is 12.1 Å². The number of rotatable bonds is 5. The van der Waals surface area contributed by atoms with Crippen molar-refractivity contribution >= 4 is 17.5 Å². The third kappa shape index (κ3) is 4.19. The van der Waals surface area contributed by atoms with E-state index in [2.05, 4.69) is 10.6 Å². The zero-order valence-corrected chi connectivity index (χ0v) is 12.1. The van der Waals surface area contributed by atoms with Gasteiger partial charge in [0, 0.05) is 12.0 Å². The second-order valence-electron chi connectivity index (χ2n) is 5.24. The second-order valence-corrected chi connectivity index (χ2v) is 5.24. The summed E-state index contributed by atoms with van der Waals surface area (Å²) in [5, 5.41) is 6.09. The summed E-state index contributed by atoms with van der Waals surface area (Å²) < 4.78 is 5.19. The minimum Gasteiger partial charge on any atom is -0.495 e. The van der Waals surface area contributed by atoms with Gasteiger partial charge in [0.1, 0.15) is 5.75 Å². The Morgan fingerprint density at radius 3 is 2.90 bits per heavy atom. The smallest absolute Gasteiger partial charge is 0.248 e. The zero-order valence-electron chi connectivity index (χ0n) is 12.1. The summed E-state index contributed by atoms with van der Waals surface area (Å²) in [6.45, 7) is 1.89. The van der Waals surface area contributed by atoms with Crippen LogP contribution in [0.15, 0.2) is 18.2 Å². The molecular weight excluding hydrogens is 270 g/mol. The van der Waals surface area contributed by atoms with Gasteiger partial charge in [0.25, 0.3) is 0 Å². The third-order valence-electron chi connectivity index (χ3n) is 3.63. The fraction of sp³-hybridized carbons (Fsp3) is 0.467. The van der Waals surface area contributed by atoms with Crippen LogP contribution in [-0.4, -0.2) is 32.0 Å². The molecule has 4 N–H and O–H groups in total. The van der Waals surface area contributed by atoms with Crippen LogP contribution in [0.5, 0.6) is 5.75 Å². The molecule has 0 bridgehead atoms. The standard InChI is InChI=1S/C15H21N3O3/c1-21-13-5-4-11(15(16)20)8-12(13)18-14(19)7-10-3-2-6-17-9-10/h4-5,8,10,17H,2-3,6-7,9H2,1H3,(H2,16,20)(H,18,19). The normalized spacial score (nSPS) is 18.0. The highest BCUT2D eigenvalue weighted by atomic mass is 16.5. The molecule has 1 unspecified atom stereocenters. The van der Waals surface area contributed by atoms with Crippen LogP contribution < -0.4 is 21.1 Å². The SMILES string of the molecule is COc1ccc(C(N)=O)cc1NC(=O)CC1CCCNC1. The van der Waals surface area contributed by atoms with E-state index in [4.69, 9.17) is 10.5 Å². The molecule has 1 aromatic carbocycles. The largest absolute Gasteiger partial charge is 0.495 e. The maximum Gasteiger partial charge on any atom is 0.248 e. The summed E-state index contributed by atoms with van der Waals surface area (Å²) in [5.41, 5.74) is 6.07. The number of hydrogen-bond acceptors (Lipinski definition) is 4. The summed E-state index contributed by atoms with van der Waals surface area (Å²) in [6, 6.07) is 4.73. The lowest BCUT2D eigenvalue weighted by atomic mass is 9.96. The molecule has 1 atom stereocenters. The van der Waals surface area contributed by atoms with Crippen LogP contribution in [0.2, 0.25) is 0 Å². The van der Waals surface area contributed by atoms with Crippen molar-refractivity contribution in [3.05, 3.63) is 23.8 Å². The molecule has 1 aliphatic rings. The van der Waals surface area contributed by atoms with Gasteiger partial charge in [-0.2, -0.15) is 0 Å². The summed E-state index contributed by atoms with van der Waals surface area (Å²) in [6.07, 6.45) is 2.61. The molecule has 6 nitrogen and oxygen atoms in total. The van der Waals surface area contributed by atoms with E-state index in [0.717, 1.165) is 25.9 Å². The number of ether oxygens (including phenoxy) is 1. The average Bonchev–Trinajstić information content (AvgIpc) is 2.48. The second kappa shape index (κ2) is 7.08. The van der Waals surface area contributed by atoms with Crippen molar-refractivity contribution in [1.82, 2.24) is 5.32 Å². The quantitative estimate of drug-likeness (QED) is 0.758. The number of methoxy groups -OCH3 is 1. The van der Waals surface area contributed by atoms with Gasteiger partial charge >= 0.3 is 0 Å². The van der Waals surface area contributed by atoms with Crippen LogP contribution in [0, 0.1) is 5.92 Å². The van der Waals surface area contributed by atoms with Gasteiger partial charge in [0.15, 0.2) is 0 Å². The monoisotopic (exact) mass is 291 g/mol. The highest BCUT2D eigenvalue weighted by molar-refractivity contribution is 5.97.